The summed E-state index contributed by atoms with van der Waals surface area (Å²) in [4.78, 5) is 8.11. The van der Waals surface area contributed by atoms with E-state index in [1.807, 2.05) is 24.4 Å². The maximum absolute atomic E-state index is 5.38. The second kappa shape index (κ2) is 6.22. The molecule has 0 radical (unpaired) electrons. The Kier molecular flexibility index (Phi) is 4.28. The van der Waals surface area contributed by atoms with E-state index in [1.54, 1.807) is 7.11 Å². The summed E-state index contributed by atoms with van der Waals surface area (Å²) >= 11 is 0. The van der Waals surface area contributed by atoms with Crippen molar-refractivity contribution in [1.82, 2.24) is 15.3 Å². The van der Waals surface area contributed by atoms with Gasteiger partial charge in [-0.15, -0.1) is 12.4 Å². The second-order valence-electron chi connectivity index (χ2n) is 5.89. The molecule has 3 aromatic rings. The van der Waals surface area contributed by atoms with Gasteiger partial charge >= 0.3 is 0 Å². The quantitative estimate of drug-likeness (QED) is 0.755. The average Bonchev–Trinajstić information content (AvgIpc) is 2.92. The van der Waals surface area contributed by atoms with Gasteiger partial charge in [0.15, 0.2) is 0 Å². The Hall–Kier alpha value is -2.04. The van der Waals surface area contributed by atoms with Crippen LogP contribution in [0.25, 0.3) is 10.9 Å². The first-order valence-corrected chi connectivity index (χ1v) is 7.61. The van der Waals surface area contributed by atoms with Crippen LogP contribution in [-0.4, -0.2) is 23.1 Å². The predicted octanol–water partition coefficient (Wildman–Crippen LogP) is 3.62. The highest BCUT2D eigenvalue weighted by atomic mass is 35.5. The molecule has 2 unspecified atom stereocenters. The van der Waals surface area contributed by atoms with Crippen molar-refractivity contribution in [2.24, 2.45) is 0 Å². The maximum Gasteiger partial charge on any atom is 0.119 e. The molecule has 3 heterocycles. The first kappa shape index (κ1) is 15.8. The van der Waals surface area contributed by atoms with E-state index >= 15 is 0 Å². The van der Waals surface area contributed by atoms with Crippen molar-refractivity contribution >= 4 is 23.3 Å². The van der Waals surface area contributed by atoms with E-state index in [0.717, 1.165) is 23.4 Å². The second-order valence-corrected chi connectivity index (χ2v) is 5.89. The van der Waals surface area contributed by atoms with Gasteiger partial charge in [-0.2, -0.15) is 0 Å². The van der Waals surface area contributed by atoms with Crippen LogP contribution in [0.3, 0.4) is 0 Å². The Bertz CT molecular complexity index is 816. The van der Waals surface area contributed by atoms with Crippen LogP contribution < -0.4 is 10.1 Å². The number of rotatable bonds is 2. The number of pyridine rings is 1. The Morgan fingerprint density at radius 1 is 1.22 bits per heavy atom. The lowest BCUT2D eigenvalue weighted by Gasteiger charge is -2.29. The van der Waals surface area contributed by atoms with Crippen LogP contribution in [0, 0.1) is 0 Å². The molecule has 0 amide bonds. The van der Waals surface area contributed by atoms with E-state index in [4.69, 9.17) is 4.74 Å². The number of nitrogens with one attached hydrogen (secondary N) is 2. The fraction of sp³-hybridized carbons (Fsp3) is 0.278. The smallest absolute Gasteiger partial charge is 0.119 e. The third-order valence-electron chi connectivity index (χ3n) is 4.38. The summed E-state index contributed by atoms with van der Waals surface area (Å²) in [5, 5.41) is 4.91. The van der Waals surface area contributed by atoms with Crippen LogP contribution in [0.2, 0.25) is 0 Å². The van der Waals surface area contributed by atoms with Crippen molar-refractivity contribution in [2.45, 2.75) is 25.4 Å². The molecule has 0 fully saturated rings. The summed E-state index contributed by atoms with van der Waals surface area (Å²) < 4.78 is 5.38. The van der Waals surface area contributed by atoms with Crippen LogP contribution in [0.1, 0.15) is 29.9 Å². The van der Waals surface area contributed by atoms with Crippen LogP contribution in [0.5, 0.6) is 5.75 Å². The normalized spacial score (nSPS) is 19.9. The minimum absolute atomic E-state index is 0. The Balaban J connectivity index is 0.00000156. The summed E-state index contributed by atoms with van der Waals surface area (Å²) in [5.41, 5.74) is 4.80. The van der Waals surface area contributed by atoms with E-state index in [0.29, 0.717) is 6.04 Å². The summed E-state index contributed by atoms with van der Waals surface area (Å²) in [5.74, 6) is 0.898. The fourth-order valence-electron chi connectivity index (χ4n) is 3.35. The van der Waals surface area contributed by atoms with Crippen LogP contribution in [0.4, 0.5) is 0 Å². The molecule has 0 aliphatic carbocycles. The lowest BCUT2D eigenvalue weighted by Crippen LogP contribution is -2.38. The van der Waals surface area contributed by atoms with Gasteiger partial charge in [-0.1, -0.05) is 6.07 Å². The molecule has 0 saturated heterocycles. The molecule has 120 valence electrons. The number of benzene rings is 1. The highest BCUT2D eigenvalue weighted by molar-refractivity contribution is 5.86. The number of aromatic nitrogens is 2. The molecule has 2 aromatic heterocycles. The zero-order chi connectivity index (χ0) is 15.1. The minimum atomic E-state index is 0. The number of fused-ring (bicyclic) bond motifs is 3. The third-order valence-corrected chi connectivity index (χ3v) is 4.38. The molecule has 1 aliphatic heterocycles. The summed E-state index contributed by atoms with van der Waals surface area (Å²) in [6, 6.07) is 12.8. The van der Waals surface area contributed by atoms with Crippen molar-refractivity contribution in [3.63, 3.8) is 0 Å². The van der Waals surface area contributed by atoms with E-state index < -0.39 is 0 Å². The van der Waals surface area contributed by atoms with E-state index in [1.165, 1.54) is 16.6 Å². The highest BCUT2D eigenvalue weighted by Gasteiger charge is 2.29. The molecular formula is C18H20ClN3O. The SMILES string of the molecule is COc1ccc2[nH]c3c(c2c1)CC(C)NC3c1ccccn1.Cl. The monoisotopic (exact) mass is 329 g/mol. The van der Waals surface area contributed by atoms with E-state index in [9.17, 15) is 0 Å². The van der Waals surface area contributed by atoms with Crippen molar-refractivity contribution in [2.75, 3.05) is 7.11 Å². The number of nitrogens with zero attached hydrogens (tertiary/aromatic N) is 1. The van der Waals surface area contributed by atoms with Gasteiger partial charge in [0, 0.05) is 28.8 Å². The van der Waals surface area contributed by atoms with Crippen molar-refractivity contribution in [3.8, 4) is 5.75 Å². The number of methoxy groups -OCH3 is 1. The van der Waals surface area contributed by atoms with Crippen molar-refractivity contribution < 1.29 is 4.74 Å². The van der Waals surface area contributed by atoms with Crippen molar-refractivity contribution in [3.05, 3.63) is 59.5 Å². The molecule has 1 aromatic carbocycles. The zero-order valence-electron chi connectivity index (χ0n) is 13.2. The molecule has 1 aliphatic rings. The minimum Gasteiger partial charge on any atom is -0.497 e. The molecule has 4 nitrogen and oxygen atoms in total. The molecule has 2 atom stereocenters. The highest BCUT2D eigenvalue weighted by Crippen LogP contribution is 2.35. The van der Waals surface area contributed by atoms with Gasteiger partial charge in [0.25, 0.3) is 0 Å². The van der Waals surface area contributed by atoms with Crippen LogP contribution >= 0.6 is 12.4 Å². The molecule has 0 saturated carbocycles. The van der Waals surface area contributed by atoms with Crippen LogP contribution in [-0.2, 0) is 6.42 Å². The van der Waals surface area contributed by atoms with Crippen LogP contribution in [0.15, 0.2) is 42.6 Å². The number of halogens is 1. The fourth-order valence-corrected chi connectivity index (χ4v) is 3.35. The molecule has 0 spiro atoms. The van der Waals surface area contributed by atoms with E-state index in [-0.39, 0.29) is 18.4 Å². The Labute approximate surface area is 141 Å². The van der Waals surface area contributed by atoms with E-state index in [2.05, 4.69) is 40.4 Å². The first-order valence-electron chi connectivity index (χ1n) is 7.61. The van der Waals surface area contributed by atoms with Crippen molar-refractivity contribution in [1.29, 1.82) is 0 Å². The van der Waals surface area contributed by atoms with Gasteiger partial charge in [-0.25, -0.2) is 0 Å². The number of ether oxygens (including phenoxy) is 1. The summed E-state index contributed by atoms with van der Waals surface area (Å²) in [6.45, 7) is 2.22. The number of hydrogen-bond acceptors (Lipinski definition) is 3. The third kappa shape index (κ3) is 2.69. The zero-order valence-corrected chi connectivity index (χ0v) is 14.0. The maximum atomic E-state index is 5.38. The Morgan fingerprint density at radius 3 is 2.83 bits per heavy atom. The Morgan fingerprint density at radius 2 is 2.09 bits per heavy atom. The van der Waals surface area contributed by atoms with Gasteiger partial charge in [-0.3, -0.25) is 4.98 Å². The number of aromatic amines is 1. The number of hydrogen-bond donors (Lipinski definition) is 2. The number of H-pyrrole nitrogens is 1. The molecule has 0 bridgehead atoms. The average molecular weight is 330 g/mol. The molecule has 2 N–H and O–H groups in total. The molecular weight excluding hydrogens is 310 g/mol. The summed E-state index contributed by atoms with van der Waals surface area (Å²) in [6.07, 6.45) is 2.85. The van der Waals surface area contributed by atoms with Gasteiger partial charge < -0.3 is 15.0 Å². The molecule has 4 rings (SSSR count). The van der Waals surface area contributed by atoms with Gasteiger partial charge in [-0.05, 0) is 49.2 Å². The standard InChI is InChI=1S/C18H19N3O.ClH/c1-11-9-14-13-10-12(22-2)6-7-15(13)21-17(14)18(20-11)16-5-3-4-8-19-16;/h3-8,10-11,18,20-21H,9H2,1-2H3;1H. The largest absolute Gasteiger partial charge is 0.497 e. The summed E-state index contributed by atoms with van der Waals surface area (Å²) in [7, 11) is 1.71. The predicted molar refractivity (Wildman–Crippen MR) is 94.5 cm³/mol. The molecule has 5 heteroatoms. The lowest BCUT2D eigenvalue weighted by atomic mass is 9.93. The van der Waals surface area contributed by atoms with Gasteiger partial charge in [0.2, 0.25) is 0 Å². The topological polar surface area (TPSA) is 49.9 Å². The van der Waals surface area contributed by atoms with Gasteiger partial charge in [0.1, 0.15) is 5.75 Å². The first-order chi connectivity index (χ1) is 10.8. The molecule has 23 heavy (non-hydrogen) atoms. The van der Waals surface area contributed by atoms with Gasteiger partial charge in [0.05, 0.1) is 18.8 Å². The lowest BCUT2D eigenvalue weighted by molar-refractivity contribution is 0.415.